The summed E-state index contributed by atoms with van der Waals surface area (Å²) in [6.45, 7) is 9.37. The highest BCUT2D eigenvalue weighted by Gasteiger charge is 2.42. The third-order valence-electron chi connectivity index (χ3n) is 12.6. The maximum Gasteiger partial charge on any atom is 0.151 e. The summed E-state index contributed by atoms with van der Waals surface area (Å²) in [5, 5.41) is 0. The summed E-state index contributed by atoms with van der Waals surface area (Å²) in [7, 11) is 0. The number of anilines is 3. The van der Waals surface area contributed by atoms with Gasteiger partial charge in [0.15, 0.2) is 11.5 Å². The van der Waals surface area contributed by atoms with Gasteiger partial charge in [0.1, 0.15) is 0 Å². The predicted octanol–water partition coefficient (Wildman–Crippen LogP) is 14.9. The summed E-state index contributed by atoms with van der Waals surface area (Å²) in [5.41, 5.74) is 20.2. The molecule has 0 unspecified atom stereocenters. The van der Waals surface area contributed by atoms with Gasteiger partial charge in [-0.2, -0.15) is 0 Å². The molecule has 8 aromatic rings. The van der Waals surface area contributed by atoms with E-state index in [9.17, 15) is 0 Å². The second-order valence-electron chi connectivity index (χ2n) is 16.5. The van der Waals surface area contributed by atoms with E-state index in [0.29, 0.717) is 0 Å². The molecule has 56 heavy (non-hydrogen) atoms. The van der Waals surface area contributed by atoms with Gasteiger partial charge in [0.05, 0.1) is 17.1 Å². The lowest BCUT2D eigenvalue weighted by atomic mass is 9.82. The van der Waals surface area contributed by atoms with Crippen molar-refractivity contribution in [3.63, 3.8) is 0 Å². The van der Waals surface area contributed by atoms with E-state index in [1.807, 2.05) is 0 Å². The first kappa shape index (κ1) is 32.8. The van der Waals surface area contributed by atoms with Gasteiger partial charge in [-0.25, -0.2) is 0 Å². The Hall–Kier alpha value is -6.64. The van der Waals surface area contributed by atoms with Gasteiger partial charge in [0.2, 0.25) is 0 Å². The van der Waals surface area contributed by atoms with Gasteiger partial charge in [-0.05, 0) is 103 Å². The lowest BCUT2D eigenvalue weighted by molar-refractivity contribution is 0.473. The van der Waals surface area contributed by atoms with E-state index in [-0.39, 0.29) is 10.8 Å². The Morgan fingerprint density at radius 2 is 0.732 bits per heavy atom. The van der Waals surface area contributed by atoms with Crippen LogP contribution in [-0.2, 0) is 10.8 Å². The minimum atomic E-state index is -0.168. The first-order valence-electron chi connectivity index (χ1n) is 19.7. The zero-order valence-electron chi connectivity index (χ0n) is 32.1. The smallest absolute Gasteiger partial charge is 0.151 e. The minimum Gasteiger partial charge on any atom is -0.453 e. The minimum absolute atomic E-state index is 0.168. The van der Waals surface area contributed by atoms with Crippen LogP contribution in [0.25, 0.3) is 55.6 Å². The molecular formula is C54H41NO. The molecule has 2 heteroatoms. The number of hydrogen-bond acceptors (Lipinski definition) is 2. The molecule has 0 spiro atoms. The summed E-state index contributed by atoms with van der Waals surface area (Å²) in [6, 6.07) is 64.6. The van der Waals surface area contributed by atoms with Crippen LogP contribution in [0.1, 0.15) is 49.9 Å². The molecular weight excluding hydrogens is 679 g/mol. The maximum atomic E-state index is 7.21. The highest BCUT2D eigenvalue weighted by molar-refractivity contribution is 6.04. The molecule has 0 N–H and O–H groups in total. The van der Waals surface area contributed by atoms with E-state index in [4.69, 9.17) is 4.74 Å². The van der Waals surface area contributed by atoms with Crippen LogP contribution in [-0.4, -0.2) is 0 Å². The number of hydrogen-bond donors (Lipinski definition) is 0. The number of benzene rings is 8. The van der Waals surface area contributed by atoms with Gasteiger partial charge in [-0.15, -0.1) is 0 Å². The van der Waals surface area contributed by atoms with E-state index in [2.05, 4.69) is 209 Å². The second kappa shape index (κ2) is 11.9. The van der Waals surface area contributed by atoms with E-state index >= 15 is 0 Å². The van der Waals surface area contributed by atoms with Crippen molar-refractivity contribution in [3.05, 3.63) is 198 Å². The monoisotopic (exact) mass is 719 g/mol. The first-order chi connectivity index (χ1) is 27.3. The van der Waals surface area contributed by atoms with Gasteiger partial charge in [0.25, 0.3) is 0 Å². The molecule has 3 aliphatic rings. The number of ether oxygens (including phenoxy) is 1. The molecule has 0 radical (unpaired) electrons. The Bertz CT molecular complexity index is 2700. The molecule has 8 aromatic carbocycles. The molecule has 268 valence electrons. The number of nitrogens with zero attached hydrogens (tertiary/aromatic N) is 1. The van der Waals surface area contributed by atoms with Crippen LogP contribution in [0, 0.1) is 0 Å². The van der Waals surface area contributed by atoms with Crippen molar-refractivity contribution in [3.8, 4) is 67.1 Å². The van der Waals surface area contributed by atoms with Gasteiger partial charge >= 0.3 is 0 Å². The van der Waals surface area contributed by atoms with Crippen molar-refractivity contribution >= 4 is 17.1 Å². The molecule has 0 aromatic heterocycles. The Morgan fingerprint density at radius 1 is 0.339 bits per heavy atom. The highest BCUT2D eigenvalue weighted by Crippen LogP contribution is 2.62. The lowest BCUT2D eigenvalue weighted by Gasteiger charge is -2.37. The normalized spacial score (nSPS) is 14.8. The summed E-state index contributed by atoms with van der Waals surface area (Å²) < 4.78 is 7.21. The number of rotatable bonds is 4. The van der Waals surface area contributed by atoms with E-state index < -0.39 is 0 Å². The van der Waals surface area contributed by atoms with Crippen molar-refractivity contribution in [2.75, 3.05) is 4.90 Å². The molecule has 0 amide bonds. The van der Waals surface area contributed by atoms with Crippen molar-refractivity contribution in [2.45, 2.75) is 38.5 Å². The van der Waals surface area contributed by atoms with Gasteiger partial charge in [0, 0.05) is 22.0 Å². The van der Waals surface area contributed by atoms with Crippen molar-refractivity contribution in [2.24, 2.45) is 0 Å². The van der Waals surface area contributed by atoms with Gasteiger partial charge < -0.3 is 9.64 Å². The van der Waals surface area contributed by atoms with E-state index in [1.54, 1.807) is 0 Å². The second-order valence-corrected chi connectivity index (χ2v) is 16.5. The third kappa shape index (κ3) is 4.69. The largest absolute Gasteiger partial charge is 0.453 e. The van der Waals surface area contributed by atoms with Gasteiger partial charge in [-0.3, -0.25) is 0 Å². The summed E-state index contributed by atoms with van der Waals surface area (Å²) >= 11 is 0. The molecule has 1 heterocycles. The fourth-order valence-electron chi connectivity index (χ4n) is 9.78. The molecule has 0 fully saturated rings. The third-order valence-corrected chi connectivity index (χ3v) is 12.6. The maximum absolute atomic E-state index is 7.21. The van der Waals surface area contributed by atoms with Crippen LogP contribution < -0.4 is 9.64 Å². The zero-order chi connectivity index (χ0) is 37.8. The average molecular weight is 720 g/mol. The molecule has 0 bridgehead atoms. The van der Waals surface area contributed by atoms with Crippen LogP contribution in [0.15, 0.2) is 176 Å². The van der Waals surface area contributed by atoms with Crippen molar-refractivity contribution in [1.29, 1.82) is 0 Å². The molecule has 2 aliphatic carbocycles. The molecule has 0 saturated carbocycles. The SMILES string of the molecule is CC1(C)c2ccccc2-c2cc3c(cc21)Oc1cc2c(cc1N3c1c(-c3ccccc3)cc(-c3ccccc3)cc1-c1ccccc1)-c1ccccc1C2(C)C. The fraction of sp³-hybridized carbons (Fsp3) is 0.111. The van der Waals surface area contributed by atoms with Crippen LogP contribution in [0.4, 0.5) is 17.1 Å². The summed E-state index contributed by atoms with van der Waals surface area (Å²) in [5.74, 6) is 1.74. The molecule has 0 saturated heterocycles. The Morgan fingerprint density at radius 3 is 1.18 bits per heavy atom. The summed E-state index contributed by atoms with van der Waals surface area (Å²) in [6.07, 6.45) is 0. The predicted molar refractivity (Wildman–Crippen MR) is 233 cm³/mol. The molecule has 1 aliphatic heterocycles. The average Bonchev–Trinajstić information content (AvgIpc) is 3.60. The topological polar surface area (TPSA) is 12.5 Å². The Balaban J connectivity index is 1.28. The van der Waals surface area contributed by atoms with Crippen LogP contribution in [0.3, 0.4) is 0 Å². The number of fused-ring (bicyclic) bond motifs is 8. The lowest BCUT2D eigenvalue weighted by Crippen LogP contribution is -2.21. The standard InChI is InChI=1S/C54H41NO/c1-53(2)44-26-16-14-24-38(44)42-30-48-50(32-46(42)53)56-51-33-47-43(39-25-15-17-27-45(39)54(47,3)4)31-49(51)55(48)52-40(35-20-10-6-11-21-35)28-37(34-18-8-5-9-19-34)29-41(52)36-22-12-7-13-23-36/h5-33H,1-4H3. The van der Waals surface area contributed by atoms with Crippen molar-refractivity contribution in [1.82, 2.24) is 0 Å². The van der Waals surface area contributed by atoms with Crippen molar-refractivity contribution < 1.29 is 4.74 Å². The Labute approximate surface area is 329 Å². The molecule has 11 rings (SSSR count). The summed E-state index contributed by atoms with van der Waals surface area (Å²) in [4.78, 5) is 2.52. The Kier molecular flexibility index (Phi) is 6.98. The van der Waals surface area contributed by atoms with Crippen LogP contribution in [0.2, 0.25) is 0 Å². The van der Waals surface area contributed by atoms with Crippen LogP contribution >= 0.6 is 0 Å². The van der Waals surface area contributed by atoms with Gasteiger partial charge in [-0.1, -0.05) is 167 Å². The van der Waals surface area contributed by atoms with Crippen LogP contribution in [0.5, 0.6) is 11.5 Å². The quantitative estimate of drug-likeness (QED) is 0.180. The molecule has 2 nitrogen and oxygen atoms in total. The van der Waals surface area contributed by atoms with E-state index in [1.165, 1.54) is 55.6 Å². The highest BCUT2D eigenvalue weighted by atomic mass is 16.5. The molecule has 0 atom stereocenters. The fourth-order valence-corrected chi connectivity index (χ4v) is 9.78. The zero-order valence-corrected chi connectivity index (χ0v) is 32.1. The van der Waals surface area contributed by atoms with E-state index in [0.717, 1.165) is 50.8 Å². The first-order valence-corrected chi connectivity index (χ1v) is 19.7.